The number of hydrazone groups is 1. The van der Waals surface area contributed by atoms with Crippen molar-refractivity contribution in [3.8, 4) is 0 Å². The first-order chi connectivity index (χ1) is 8.45. The fraction of sp³-hybridized carbons (Fsp3) is 0.333. The number of anilines is 1. The van der Waals surface area contributed by atoms with Crippen molar-refractivity contribution in [3.05, 3.63) is 28.8 Å². The van der Waals surface area contributed by atoms with E-state index < -0.39 is 6.09 Å². The van der Waals surface area contributed by atoms with Crippen LogP contribution < -0.4 is 5.73 Å². The van der Waals surface area contributed by atoms with Crippen molar-refractivity contribution < 1.29 is 9.53 Å². The van der Waals surface area contributed by atoms with Gasteiger partial charge in [-0.3, -0.25) is 0 Å². The van der Waals surface area contributed by atoms with Gasteiger partial charge in [0.15, 0.2) is 0 Å². The largest absolute Gasteiger partial charge is 0.448 e. The van der Waals surface area contributed by atoms with E-state index in [1.807, 2.05) is 0 Å². The van der Waals surface area contributed by atoms with Crippen molar-refractivity contribution in [1.29, 1.82) is 0 Å². The van der Waals surface area contributed by atoms with Crippen LogP contribution in [0.2, 0.25) is 5.02 Å². The zero-order valence-corrected chi connectivity index (χ0v) is 11.4. The third-order valence-electron chi connectivity index (χ3n) is 2.24. The molecule has 1 aromatic rings. The van der Waals surface area contributed by atoms with E-state index in [0.29, 0.717) is 28.6 Å². The summed E-state index contributed by atoms with van der Waals surface area (Å²) < 4.78 is 4.82. The molecule has 0 aromatic heterocycles. The third-order valence-corrected chi connectivity index (χ3v) is 2.47. The molecule has 6 heteroatoms. The summed E-state index contributed by atoms with van der Waals surface area (Å²) in [6, 6.07) is 5.10. The number of halogens is 1. The van der Waals surface area contributed by atoms with Gasteiger partial charge in [0.1, 0.15) is 0 Å². The minimum absolute atomic E-state index is 0.303. The van der Waals surface area contributed by atoms with Gasteiger partial charge in [-0.05, 0) is 32.0 Å². The standard InChI is InChI=1S/C12H16ClN3O2/c1-4-18-12(17)16(3)15-8(2)10-7-9(13)5-6-11(10)14/h5-7H,4,14H2,1-3H3/b15-8+. The average Bonchev–Trinajstić information content (AvgIpc) is 2.32. The van der Waals surface area contributed by atoms with E-state index in [1.165, 1.54) is 7.05 Å². The molecule has 0 atom stereocenters. The molecule has 2 N–H and O–H groups in total. The van der Waals surface area contributed by atoms with Gasteiger partial charge in [-0.25, -0.2) is 9.80 Å². The van der Waals surface area contributed by atoms with E-state index in [1.54, 1.807) is 32.0 Å². The first-order valence-corrected chi connectivity index (χ1v) is 5.84. The van der Waals surface area contributed by atoms with Crippen LogP contribution in [0.15, 0.2) is 23.3 Å². The Morgan fingerprint density at radius 3 is 2.83 bits per heavy atom. The molecule has 1 aromatic carbocycles. The van der Waals surface area contributed by atoms with Gasteiger partial charge in [0.25, 0.3) is 0 Å². The molecule has 0 aliphatic carbocycles. The molecule has 1 amide bonds. The highest BCUT2D eigenvalue weighted by molar-refractivity contribution is 6.31. The Kier molecular flexibility index (Phi) is 4.97. The molecule has 0 saturated carbocycles. The second-order valence-electron chi connectivity index (χ2n) is 3.64. The lowest BCUT2D eigenvalue weighted by molar-refractivity contribution is 0.117. The smallest absolute Gasteiger partial charge is 0.430 e. The Hall–Kier alpha value is -1.75. The lowest BCUT2D eigenvalue weighted by atomic mass is 10.1. The number of amides is 1. The van der Waals surface area contributed by atoms with Crippen LogP contribution in [0.3, 0.4) is 0 Å². The summed E-state index contributed by atoms with van der Waals surface area (Å²) in [6.07, 6.45) is -0.516. The highest BCUT2D eigenvalue weighted by Gasteiger charge is 2.10. The van der Waals surface area contributed by atoms with Gasteiger partial charge >= 0.3 is 6.09 Å². The zero-order chi connectivity index (χ0) is 13.7. The van der Waals surface area contributed by atoms with Crippen LogP contribution in [0.1, 0.15) is 19.4 Å². The van der Waals surface area contributed by atoms with Crippen LogP contribution in [-0.2, 0) is 4.74 Å². The predicted molar refractivity (Wildman–Crippen MR) is 72.9 cm³/mol. The number of hydrogen-bond acceptors (Lipinski definition) is 4. The van der Waals surface area contributed by atoms with Crippen LogP contribution in [0.25, 0.3) is 0 Å². The van der Waals surface area contributed by atoms with Crippen molar-refractivity contribution in [2.75, 3.05) is 19.4 Å². The number of carbonyl (C=O) groups is 1. The molecule has 0 saturated heterocycles. The molecule has 98 valence electrons. The number of nitrogens with two attached hydrogens (primary N) is 1. The second kappa shape index (κ2) is 6.26. The van der Waals surface area contributed by atoms with Crippen LogP contribution >= 0.6 is 11.6 Å². The average molecular weight is 270 g/mol. The summed E-state index contributed by atoms with van der Waals surface area (Å²) in [5.41, 5.74) is 7.66. The maximum Gasteiger partial charge on any atom is 0.430 e. The van der Waals surface area contributed by atoms with E-state index >= 15 is 0 Å². The van der Waals surface area contributed by atoms with Crippen molar-refractivity contribution in [2.24, 2.45) is 5.10 Å². The molecule has 1 rings (SSSR count). The van der Waals surface area contributed by atoms with Crippen LogP contribution in [-0.4, -0.2) is 30.5 Å². The molecule has 0 bridgehead atoms. The van der Waals surface area contributed by atoms with Crippen LogP contribution in [0.4, 0.5) is 10.5 Å². The fourth-order valence-electron chi connectivity index (χ4n) is 1.38. The Morgan fingerprint density at radius 2 is 2.22 bits per heavy atom. The number of hydrogen-bond donors (Lipinski definition) is 1. The van der Waals surface area contributed by atoms with Crippen molar-refractivity contribution >= 4 is 29.1 Å². The molecule has 18 heavy (non-hydrogen) atoms. The van der Waals surface area contributed by atoms with E-state index in [0.717, 1.165) is 5.01 Å². The van der Waals surface area contributed by atoms with Crippen molar-refractivity contribution in [3.63, 3.8) is 0 Å². The van der Waals surface area contributed by atoms with Crippen LogP contribution in [0.5, 0.6) is 0 Å². The molecule has 0 radical (unpaired) electrons. The van der Waals surface area contributed by atoms with Gasteiger partial charge in [0, 0.05) is 23.3 Å². The number of rotatable bonds is 3. The quantitative estimate of drug-likeness (QED) is 0.521. The molecule has 5 nitrogen and oxygen atoms in total. The molecule has 0 spiro atoms. The highest BCUT2D eigenvalue weighted by Crippen LogP contribution is 2.19. The van der Waals surface area contributed by atoms with E-state index in [-0.39, 0.29) is 0 Å². The zero-order valence-electron chi connectivity index (χ0n) is 10.6. The molecule has 0 aliphatic heterocycles. The number of carbonyl (C=O) groups excluding carboxylic acids is 1. The first kappa shape index (κ1) is 14.3. The van der Waals surface area contributed by atoms with E-state index in [2.05, 4.69) is 5.10 Å². The fourth-order valence-corrected chi connectivity index (χ4v) is 1.55. The number of benzene rings is 1. The third kappa shape index (κ3) is 3.63. The molecular formula is C12H16ClN3O2. The lowest BCUT2D eigenvalue weighted by Crippen LogP contribution is -2.23. The first-order valence-electron chi connectivity index (χ1n) is 5.46. The van der Waals surface area contributed by atoms with Crippen molar-refractivity contribution in [1.82, 2.24) is 5.01 Å². The van der Waals surface area contributed by atoms with Crippen molar-refractivity contribution in [2.45, 2.75) is 13.8 Å². The highest BCUT2D eigenvalue weighted by atomic mass is 35.5. The number of nitrogen functional groups attached to an aromatic ring is 1. The van der Waals surface area contributed by atoms with Gasteiger partial charge in [-0.2, -0.15) is 5.10 Å². The van der Waals surface area contributed by atoms with Crippen LogP contribution in [0, 0.1) is 0 Å². The van der Waals surface area contributed by atoms with Gasteiger partial charge in [-0.1, -0.05) is 11.6 Å². The predicted octanol–water partition coefficient (Wildman–Crippen LogP) is 2.73. The molecule has 0 unspecified atom stereocenters. The van der Waals surface area contributed by atoms with Gasteiger partial charge < -0.3 is 10.5 Å². The number of nitrogens with zero attached hydrogens (tertiary/aromatic N) is 2. The summed E-state index contributed by atoms with van der Waals surface area (Å²) in [4.78, 5) is 11.4. The molecule has 0 aliphatic rings. The van der Waals surface area contributed by atoms with E-state index in [4.69, 9.17) is 22.1 Å². The number of ether oxygens (including phenoxy) is 1. The minimum atomic E-state index is -0.516. The summed E-state index contributed by atoms with van der Waals surface area (Å²) in [6.45, 7) is 3.78. The molecule has 0 fully saturated rings. The van der Waals surface area contributed by atoms with Gasteiger partial charge in [0.05, 0.1) is 12.3 Å². The van der Waals surface area contributed by atoms with Gasteiger partial charge in [0.2, 0.25) is 0 Å². The summed E-state index contributed by atoms with van der Waals surface area (Å²) in [7, 11) is 1.52. The Bertz CT molecular complexity index is 474. The normalized spacial score (nSPS) is 11.2. The Morgan fingerprint density at radius 1 is 1.56 bits per heavy atom. The monoisotopic (exact) mass is 269 g/mol. The summed E-state index contributed by atoms with van der Waals surface area (Å²) in [5.74, 6) is 0. The maximum absolute atomic E-state index is 11.4. The molecular weight excluding hydrogens is 254 g/mol. The summed E-state index contributed by atoms with van der Waals surface area (Å²) >= 11 is 5.89. The molecule has 0 heterocycles. The van der Waals surface area contributed by atoms with E-state index in [9.17, 15) is 4.79 Å². The second-order valence-corrected chi connectivity index (χ2v) is 4.08. The Labute approximate surface area is 111 Å². The van der Waals surface area contributed by atoms with Gasteiger partial charge in [-0.15, -0.1) is 0 Å². The summed E-state index contributed by atoms with van der Waals surface area (Å²) in [5, 5.41) is 5.79. The Balaban J connectivity index is 2.95. The lowest BCUT2D eigenvalue weighted by Gasteiger charge is -2.13. The maximum atomic E-state index is 11.4. The topological polar surface area (TPSA) is 67.9 Å². The minimum Gasteiger partial charge on any atom is -0.448 e. The SMILES string of the molecule is CCOC(=O)N(C)/N=C(\C)c1cc(Cl)ccc1N.